The molecule has 0 spiro atoms. The van der Waals surface area contributed by atoms with Crippen molar-refractivity contribution >= 4 is 47.1 Å². The fraction of sp³-hybridized carbons (Fsp3) is 0.125. The Hall–Kier alpha value is -5.60. The SMILES string of the molecule is CC(CC(c1cccc(N=C=O)c1)c1cccc(N=C=O)c1)(c1ccc(N=C=O)cc1)c1ccc(N=C=O)cc1. The molecule has 0 aliphatic heterocycles. The van der Waals surface area contributed by atoms with E-state index in [1.165, 1.54) is 0 Å². The highest BCUT2D eigenvalue weighted by molar-refractivity contribution is 5.56. The van der Waals surface area contributed by atoms with Gasteiger partial charge in [0, 0.05) is 11.3 Å². The number of isocyanates is 4. The van der Waals surface area contributed by atoms with Gasteiger partial charge in [-0.05, 0) is 77.2 Å². The maximum absolute atomic E-state index is 11.0. The first kappa shape index (κ1) is 27.4. The van der Waals surface area contributed by atoms with E-state index in [1.54, 1.807) is 60.7 Å². The molecule has 194 valence electrons. The van der Waals surface area contributed by atoms with E-state index >= 15 is 0 Å². The van der Waals surface area contributed by atoms with E-state index in [2.05, 4.69) is 26.9 Å². The lowest BCUT2D eigenvalue weighted by Crippen LogP contribution is -2.27. The molecule has 0 heterocycles. The Labute approximate surface area is 230 Å². The minimum Gasteiger partial charge on any atom is -0.211 e. The number of aliphatic imine (C=N–C) groups is 4. The van der Waals surface area contributed by atoms with Crippen molar-refractivity contribution in [2.75, 3.05) is 0 Å². The van der Waals surface area contributed by atoms with Gasteiger partial charge in [-0.3, -0.25) is 0 Å². The summed E-state index contributed by atoms with van der Waals surface area (Å²) < 4.78 is 0. The molecule has 0 aliphatic rings. The molecule has 0 saturated heterocycles. The fourth-order valence-electron chi connectivity index (χ4n) is 4.88. The highest BCUT2D eigenvalue weighted by Crippen LogP contribution is 2.45. The molecule has 40 heavy (non-hydrogen) atoms. The van der Waals surface area contributed by atoms with Crippen molar-refractivity contribution < 1.29 is 19.2 Å². The summed E-state index contributed by atoms with van der Waals surface area (Å²) in [7, 11) is 0. The number of benzene rings is 4. The quantitative estimate of drug-likeness (QED) is 0.162. The van der Waals surface area contributed by atoms with Crippen LogP contribution in [0.1, 0.15) is 41.5 Å². The first-order chi connectivity index (χ1) is 19.5. The number of carbonyl (C=O) groups excluding carboxylic acids is 4. The number of rotatable bonds is 10. The minimum atomic E-state index is -0.620. The number of nitrogens with zero attached hydrogens (tertiary/aromatic N) is 4. The molecule has 0 amide bonds. The number of hydrogen-bond acceptors (Lipinski definition) is 8. The molecular formula is C32H22N4O4. The summed E-state index contributed by atoms with van der Waals surface area (Å²) in [5, 5.41) is 0. The van der Waals surface area contributed by atoms with Crippen LogP contribution in [0, 0.1) is 0 Å². The van der Waals surface area contributed by atoms with E-state index in [9.17, 15) is 19.2 Å². The van der Waals surface area contributed by atoms with Crippen LogP contribution in [0.4, 0.5) is 22.7 Å². The van der Waals surface area contributed by atoms with Gasteiger partial charge in [-0.25, -0.2) is 19.2 Å². The van der Waals surface area contributed by atoms with Gasteiger partial charge in [-0.1, -0.05) is 55.5 Å². The van der Waals surface area contributed by atoms with Gasteiger partial charge in [0.1, 0.15) is 0 Å². The molecule has 8 nitrogen and oxygen atoms in total. The van der Waals surface area contributed by atoms with E-state index < -0.39 is 5.41 Å². The minimum absolute atomic E-state index is 0.242. The molecule has 0 aliphatic carbocycles. The van der Waals surface area contributed by atoms with Gasteiger partial charge in [0.25, 0.3) is 0 Å². The normalized spacial score (nSPS) is 12.3. The molecule has 0 fully saturated rings. The van der Waals surface area contributed by atoms with Gasteiger partial charge in [0.05, 0.1) is 22.7 Å². The van der Waals surface area contributed by atoms with Crippen LogP contribution in [0.3, 0.4) is 0 Å². The molecule has 0 bridgehead atoms. The van der Waals surface area contributed by atoms with Crippen LogP contribution >= 0.6 is 0 Å². The van der Waals surface area contributed by atoms with Crippen LogP contribution in [0.25, 0.3) is 0 Å². The third-order valence-corrected chi connectivity index (χ3v) is 6.87. The Morgan fingerprint density at radius 1 is 0.550 bits per heavy atom. The van der Waals surface area contributed by atoms with Crippen molar-refractivity contribution in [1.82, 2.24) is 0 Å². The second-order valence-corrected chi connectivity index (χ2v) is 9.18. The topological polar surface area (TPSA) is 118 Å². The molecule has 8 heteroatoms. The summed E-state index contributed by atoms with van der Waals surface area (Å²) in [5.41, 5.74) is 4.93. The predicted molar refractivity (Wildman–Crippen MR) is 150 cm³/mol. The number of hydrogen-bond donors (Lipinski definition) is 0. The summed E-state index contributed by atoms with van der Waals surface area (Å²) >= 11 is 0. The van der Waals surface area contributed by atoms with Gasteiger partial charge >= 0.3 is 0 Å². The molecule has 0 aromatic heterocycles. The summed E-state index contributed by atoms with van der Waals surface area (Å²) in [5.74, 6) is -0.242. The maximum Gasteiger partial charge on any atom is 0.240 e. The van der Waals surface area contributed by atoms with E-state index in [4.69, 9.17) is 0 Å². The second-order valence-electron chi connectivity index (χ2n) is 9.18. The summed E-state index contributed by atoms with van der Waals surface area (Å²) in [6.07, 6.45) is 6.83. The molecule has 4 aromatic rings. The maximum atomic E-state index is 11.0. The van der Waals surface area contributed by atoms with Gasteiger partial charge in [-0.15, -0.1) is 0 Å². The zero-order chi connectivity index (χ0) is 28.4. The zero-order valence-electron chi connectivity index (χ0n) is 21.4. The van der Waals surface area contributed by atoms with Crippen LogP contribution in [-0.2, 0) is 24.6 Å². The predicted octanol–water partition coefficient (Wildman–Crippen LogP) is 7.08. The van der Waals surface area contributed by atoms with Gasteiger partial charge in [0.15, 0.2) is 0 Å². The van der Waals surface area contributed by atoms with Crippen molar-refractivity contribution in [3.8, 4) is 0 Å². The Morgan fingerprint density at radius 3 is 1.30 bits per heavy atom. The third kappa shape index (κ3) is 6.27. The molecule has 0 atom stereocenters. The average Bonchev–Trinajstić information content (AvgIpc) is 2.97. The van der Waals surface area contributed by atoms with Crippen LogP contribution in [0.2, 0.25) is 0 Å². The Bertz CT molecular complexity index is 1580. The van der Waals surface area contributed by atoms with E-state index in [-0.39, 0.29) is 5.92 Å². The lowest BCUT2D eigenvalue weighted by atomic mass is 9.68. The van der Waals surface area contributed by atoms with Crippen molar-refractivity contribution in [2.45, 2.75) is 24.7 Å². The van der Waals surface area contributed by atoms with E-state index in [0.29, 0.717) is 29.2 Å². The lowest BCUT2D eigenvalue weighted by molar-refractivity contribution is 0.485. The first-order valence-corrected chi connectivity index (χ1v) is 12.2. The largest absolute Gasteiger partial charge is 0.240 e. The van der Waals surface area contributed by atoms with Gasteiger partial charge < -0.3 is 0 Å². The van der Waals surface area contributed by atoms with Crippen LogP contribution in [0.5, 0.6) is 0 Å². The van der Waals surface area contributed by atoms with Crippen LogP contribution in [-0.4, -0.2) is 24.3 Å². The van der Waals surface area contributed by atoms with Crippen molar-refractivity contribution in [2.24, 2.45) is 20.0 Å². The van der Waals surface area contributed by atoms with Crippen molar-refractivity contribution in [3.05, 3.63) is 119 Å². The summed E-state index contributed by atoms with van der Waals surface area (Å²) in [4.78, 5) is 58.5. The molecular weight excluding hydrogens is 504 g/mol. The smallest absolute Gasteiger partial charge is 0.211 e. The molecule has 0 unspecified atom stereocenters. The molecule has 4 aromatic carbocycles. The van der Waals surface area contributed by atoms with E-state index in [1.807, 2.05) is 60.7 Å². The Morgan fingerprint density at radius 2 is 0.925 bits per heavy atom. The van der Waals surface area contributed by atoms with Gasteiger partial charge in [-0.2, -0.15) is 20.0 Å². The highest BCUT2D eigenvalue weighted by Gasteiger charge is 2.34. The van der Waals surface area contributed by atoms with Gasteiger partial charge in [0.2, 0.25) is 24.3 Å². The zero-order valence-corrected chi connectivity index (χ0v) is 21.4. The monoisotopic (exact) mass is 526 g/mol. The van der Waals surface area contributed by atoms with Crippen molar-refractivity contribution in [3.63, 3.8) is 0 Å². The van der Waals surface area contributed by atoms with Crippen molar-refractivity contribution in [1.29, 1.82) is 0 Å². The molecule has 0 N–H and O–H groups in total. The fourth-order valence-corrected chi connectivity index (χ4v) is 4.88. The molecule has 4 rings (SSSR count). The second kappa shape index (κ2) is 12.8. The summed E-state index contributed by atoms with van der Waals surface area (Å²) in [6.45, 7) is 2.09. The molecule has 0 radical (unpaired) electrons. The lowest BCUT2D eigenvalue weighted by Gasteiger charge is -2.35. The first-order valence-electron chi connectivity index (χ1n) is 12.2. The highest BCUT2D eigenvalue weighted by atomic mass is 16.1. The Kier molecular flexibility index (Phi) is 8.76. The standard InChI is InChI=1S/C32H22N4O4/c1-32(25-8-12-27(13-9-25)33-19-37,26-10-14-28(15-11-26)34-20-38)18-31(23-4-2-6-29(16-23)35-21-39)24-5-3-7-30(17-24)36-22-40/h2-17,31H,18H2,1H3. The summed E-state index contributed by atoms with van der Waals surface area (Å²) in [6, 6.07) is 29.3. The third-order valence-electron chi connectivity index (χ3n) is 6.87. The van der Waals surface area contributed by atoms with E-state index in [0.717, 1.165) is 22.3 Å². The Balaban J connectivity index is 1.92. The van der Waals surface area contributed by atoms with Crippen LogP contribution < -0.4 is 0 Å². The van der Waals surface area contributed by atoms with Crippen LogP contribution in [0.15, 0.2) is 117 Å². The molecule has 0 saturated carbocycles. The average molecular weight is 527 g/mol.